The predicted molar refractivity (Wildman–Crippen MR) is 70.6 cm³/mol. The van der Waals surface area contributed by atoms with Crippen molar-refractivity contribution in [3.8, 4) is 11.3 Å². The summed E-state index contributed by atoms with van der Waals surface area (Å²) in [4.78, 5) is 19.9. The molecule has 2 aromatic heterocycles. The van der Waals surface area contributed by atoms with Gasteiger partial charge in [0.2, 0.25) is 0 Å². The summed E-state index contributed by atoms with van der Waals surface area (Å²) >= 11 is 0. The molecule has 0 saturated carbocycles. The van der Waals surface area contributed by atoms with Crippen molar-refractivity contribution >= 4 is 9.84 Å². The molecule has 19 heavy (non-hydrogen) atoms. The first-order valence-corrected chi connectivity index (χ1v) is 7.38. The molecule has 0 fully saturated rings. The van der Waals surface area contributed by atoms with Crippen molar-refractivity contribution in [1.82, 2.24) is 14.5 Å². The molecule has 0 N–H and O–H groups in total. The van der Waals surface area contributed by atoms with E-state index < -0.39 is 9.84 Å². The summed E-state index contributed by atoms with van der Waals surface area (Å²) in [7, 11) is -1.94. The van der Waals surface area contributed by atoms with E-state index in [0.717, 1.165) is 6.26 Å². The lowest BCUT2D eigenvalue weighted by atomic mass is 10.1. The SMILES string of the molecule is Cc1c(-c2ccncn2)c(S(C)(=O)=O)cn(C)c1=O. The maximum Gasteiger partial charge on any atom is 0.253 e. The molecule has 0 aliphatic rings. The number of nitrogens with zero attached hydrogens (tertiary/aromatic N) is 3. The standard InChI is InChI=1S/C12H13N3O3S/c1-8-11(9-4-5-13-7-14-9)10(19(3,17)18)6-15(2)12(8)16/h4-7H,1-3H3. The second-order valence-electron chi connectivity index (χ2n) is 4.28. The minimum atomic E-state index is -3.46. The van der Waals surface area contributed by atoms with Crippen molar-refractivity contribution in [2.75, 3.05) is 6.26 Å². The lowest BCUT2D eigenvalue weighted by molar-refractivity contribution is 0.600. The van der Waals surface area contributed by atoms with Gasteiger partial charge in [-0.05, 0) is 13.0 Å². The van der Waals surface area contributed by atoms with Gasteiger partial charge in [-0.2, -0.15) is 0 Å². The van der Waals surface area contributed by atoms with Crippen molar-refractivity contribution in [2.24, 2.45) is 7.05 Å². The van der Waals surface area contributed by atoms with Gasteiger partial charge in [-0.25, -0.2) is 18.4 Å². The summed E-state index contributed by atoms with van der Waals surface area (Å²) in [5.74, 6) is 0. The summed E-state index contributed by atoms with van der Waals surface area (Å²) in [5, 5.41) is 0. The largest absolute Gasteiger partial charge is 0.317 e. The lowest BCUT2D eigenvalue weighted by Crippen LogP contribution is -2.22. The molecule has 2 rings (SSSR count). The number of pyridine rings is 1. The fraction of sp³-hybridized carbons (Fsp3) is 0.250. The molecule has 100 valence electrons. The highest BCUT2D eigenvalue weighted by molar-refractivity contribution is 7.90. The number of aryl methyl sites for hydroxylation is 1. The summed E-state index contributed by atoms with van der Waals surface area (Å²) < 4.78 is 25.0. The van der Waals surface area contributed by atoms with Gasteiger partial charge in [-0.1, -0.05) is 0 Å². The van der Waals surface area contributed by atoms with E-state index in [-0.39, 0.29) is 10.5 Å². The van der Waals surface area contributed by atoms with E-state index in [1.54, 1.807) is 13.0 Å². The Kier molecular flexibility index (Phi) is 3.23. The first-order valence-electron chi connectivity index (χ1n) is 5.49. The summed E-state index contributed by atoms with van der Waals surface area (Å²) in [6.07, 6.45) is 5.25. The van der Waals surface area contributed by atoms with Crippen LogP contribution in [0.4, 0.5) is 0 Å². The lowest BCUT2D eigenvalue weighted by Gasteiger charge is -2.12. The summed E-state index contributed by atoms with van der Waals surface area (Å²) in [6, 6.07) is 1.58. The van der Waals surface area contributed by atoms with Gasteiger partial charge in [-0.15, -0.1) is 0 Å². The van der Waals surface area contributed by atoms with Crippen LogP contribution in [0.1, 0.15) is 5.56 Å². The zero-order valence-corrected chi connectivity index (χ0v) is 11.6. The van der Waals surface area contributed by atoms with Crippen molar-refractivity contribution in [3.05, 3.63) is 40.7 Å². The summed E-state index contributed by atoms with van der Waals surface area (Å²) in [5.41, 5.74) is 0.865. The van der Waals surface area contributed by atoms with Crippen LogP contribution in [0.5, 0.6) is 0 Å². The highest BCUT2D eigenvalue weighted by Crippen LogP contribution is 2.26. The molecule has 0 bridgehead atoms. The van der Waals surface area contributed by atoms with E-state index in [0.29, 0.717) is 16.8 Å². The third-order valence-corrected chi connectivity index (χ3v) is 3.92. The van der Waals surface area contributed by atoms with E-state index in [1.165, 1.54) is 30.3 Å². The molecule has 0 aliphatic heterocycles. The molecule has 7 heteroatoms. The van der Waals surface area contributed by atoms with Gasteiger partial charge in [-0.3, -0.25) is 4.79 Å². The van der Waals surface area contributed by atoms with Crippen molar-refractivity contribution in [2.45, 2.75) is 11.8 Å². The van der Waals surface area contributed by atoms with Gasteiger partial charge in [0.15, 0.2) is 9.84 Å². The maximum absolute atomic E-state index is 12.0. The topological polar surface area (TPSA) is 81.9 Å². The van der Waals surface area contributed by atoms with Crippen molar-refractivity contribution < 1.29 is 8.42 Å². The first-order chi connectivity index (χ1) is 8.82. The van der Waals surface area contributed by atoms with Crippen LogP contribution in [0.15, 0.2) is 34.5 Å². The van der Waals surface area contributed by atoms with Gasteiger partial charge in [0.25, 0.3) is 5.56 Å². The Hall–Kier alpha value is -2.02. The van der Waals surface area contributed by atoms with E-state index in [2.05, 4.69) is 9.97 Å². The van der Waals surface area contributed by atoms with Crippen LogP contribution in [-0.4, -0.2) is 29.2 Å². The van der Waals surface area contributed by atoms with Gasteiger partial charge in [0.1, 0.15) is 6.33 Å². The molecule has 0 unspecified atom stereocenters. The van der Waals surface area contributed by atoms with Gasteiger partial charge in [0.05, 0.1) is 10.6 Å². The molecular formula is C12H13N3O3S. The molecule has 0 aromatic carbocycles. The second-order valence-corrected chi connectivity index (χ2v) is 6.26. The zero-order chi connectivity index (χ0) is 14.2. The minimum absolute atomic E-state index is 0.0887. The monoisotopic (exact) mass is 279 g/mol. The third kappa shape index (κ3) is 2.41. The Labute approximate surface area is 110 Å². The van der Waals surface area contributed by atoms with Crippen molar-refractivity contribution in [3.63, 3.8) is 0 Å². The Morgan fingerprint density at radius 3 is 2.53 bits per heavy atom. The smallest absolute Gasteiger partial charge is 0.253 e. The van der Waals surface area contributed by atoms with Crippen LogP contribution in [0, 0.1) is 6.92 Å². The van der Waals surface area contributed by atoms with Gasteiger partial charge >= 0.3 is 0 Å². The van der Waals surface area contributed by atoms with Crippen LogP contribution in [0.25, 0.3) is 11.3 Å². The Bertz CT molecular complexity index is 780. The predicted octanol–water partition coefficient (Wildman–Crippen LogP) is 0.554. The quantitative estimate of drug-likeness (QED) is 0.802. The highest BCUT2D eigenvalue weighted by Gasteiger charge is 2.20. The third-order valence-electron chi connectivity index (χ3n) is 2.81. The Morgan fingerprint density at radius 2 is 2.00 bits per heavy atom. The molecule has 0 aliphatic carbocycles. The second kappa shape index (κ2) is 4.58. The van der Waals surface area contributed by atoms with Crippen molar-refractivity contribution in [1.29, 1.82) is 0 Å². The Balaban J connectivity index is 2.94. The van der Waals surface area contributed by atoms with E-state index in [4.69, 9.17) is 0 Å². The molecule has 2 aromatic rings. The fourth-order valence-electron chi connectivity index (χ4n) is 1.89. The minimum Gasteiger partial charge on any atom is -0.317 e. The summed E-state index contributed by atoms with van der Waals surface area (Å²) in [6.45, 7) is 1.59. The molecule has 0 amide bonds. The van der Waals surface area contributed by atoms with Crippen LogP contribution in [-0.2, 0) is 16.9 Å². The first kappa shape index (κ1) is 13.4. The fourth-order valence-corrected chi connectivity index (χ4v) is 2.87. The normalized spacial score (nSPS) is 11.5. The molecule has 6 nitrogen and oxygen atoms in total. The highest BCUT2D eigenvalue weighted by atomic mass is 32.2. The van der Waals surface area contributed by atoms with Crippen LogP contribution < -0.4 is 5.56 Å². The molecule has 0 saturated heterocycles. The zero-order valence-electron chi connectivity index (χ0n) is 10.8. The molecule has 0 spiro atoms. The van der Waals surface area contributed by atoms with E-state index in [9.17, 15) is 13.2 Å². The van der Waals surface area contributed by atoms with Gasteiger partial charge in [0, 0.05) is 36.8 Å². The Morgan fingerprint density at radius 1 is 1.32 bits per heavy atom. The number of sulfone groups is 1. The number of hydrogen-bond donors (Lipinski definition) is 0. The average molecular weight is 279 g/mol. The van der Waals surface area contributed by atoms with Crippen LogP contribution in [0.2, 0.25) is 0 Å². The number of aromatic nitrogens is 3. The number of rotatable bonds is 2. The van der Waals surface area contributed by atoms with Gasteiger partial charge < -0.3 is 4.57 Å². The molecular weight excluding hydrogens is 266 g/mol. The molecule has 2 heterocycles. The van der Waals surface area contributed by atoms with Crippen LogP contribution >= 0.6 is 0 Å². The van der Waals surface area contributed by atoms with Crippen LogP contribution in [0.3, 0.4) is 0 Å². The average Bonchev–Trinajstić information content (AvgIpc) is 2.35. The van der Waals surface area contributed by atoms with E-state index in [1.807, 2.05) is 0 Å². The van der Waals surface area contributed by atoms with E-state index >= 15 is 0 Å². The number of hydrogen-bond acceptors (Lipinski definition) is 5. The molecule has 0 radical (unpaired) electrons. The molecule has 0 atom stereocenters. The maximum atomic E-state index is 12.0.